The lowest BCUT2D eigenvalue weighted by Crippen LogP contribution is -2.56. The fourth-order valence-corrected chi connectivity index (χ4v) is 5.87. The minimum Gasteiger partial charge on any atom is -0.497 e. The number of morpholine rings is 1. The van der Waals surface area contributed by atoms with E-state index in [1.165, 1.54) is 22.3 Å². The molecule has 3 aromatic rings. The second-order valence-electron chi connectivity index (χ2n) is 9.21. The van der Waals surface area contributed by atoms with Crippen molar-refractivity contribution in [3.8, 4) is 16.9 Å². The van der Waals surface area contributed by atoms with Gasteiger partial charge in [0.1, 0.15) is 12.4 Å². The van der Waals surface area contributed by atoms with Gasteiger partial charge in [0.15, 0.2) is 0 Å². The normalized spacial score (nSPS) is 20.6. The van der Waals surface area contributed by atoms with Gasteiger partial charge in [-0.3, -0.25) is 4.90 Å². The molecule has 0 aromatic heterocycles. The van der Waals surface area contributed by atoms with Gasteiger partial charge in [0, 0.05) is 10.9 Å². The van der Waals surface area contributed by atoms with Crippen LogP contribution in [-0.4, -0.2) is 50.0 Å². The molecule has 2 aliphatic heterocycles. The Morgan fingerprint density at radius 3 is 2.40 bits per heavy atom. The Hall–Kier alpha value is -3.28. The summed E-state index contributed by atoms with van der Waals surface area (Å²) in [4.78, 5) is 15.2. The van der Waals surface area contributed by atoms with Crippen molar-refractivity contribution >= 4 is 23.3 Å². The highest BCUT2D eigenvalue weighted by atomic mass is 35.5. The summed E-state index contributed by atoms with van der Waals surface area (Å²) in [5.74, 6) is 0.791. The van der Waals surface area contributed by atoms with Crippen LogP contribution in [0.25, 0.3) is 16.7 Å². The van der Waals surface area contributed by atoms with E-state index in [1.54, 1.807) is 7.11 Å². The molecule has 2 bridgehead atoms. The van der Waals surface area contributed by atoms with E-state index < -0.39 is 0 Å². The van der Waals surface area contributed by atoms with Crippen molar-refractivity contribution in [1.82, 2.24) is 4.90 Å². The summed E-state index contributed by atoms with van der Waals surface area (Å²) in [5, 5.41) is 0.672. The second kappa shape index (κ2) is 9.06. The third-order valence-electron chi connectivity index (χ3n) is 7.27. The Morgan fingerprint density at radius 2 is 1.71 bits per heavy atom. The van der Waals surface area contributed by atoms with Crippen LogP contribution in [0.1, 0.15) is 29.0 Å². The van der Waals surface area contributed by atoms with Crippen LogP contribution in [0.4, 0.5) is 4.79 Å². The zero-order valence-electron chi connectivity index (χ0n) is 19.4. The van der Waals surface area contributed by atoms with Crippen molar-refractivity contribution < 1.29 is 19.0 Å². The number of hydrogen-bond donors (Lipinski definition) is 0. The molecular weight excluding hydrogens is 462 g/mol. The Kier molecular flexibility index (Phi) is 5.75. The molecule has 2 heterocycles. The van der Waals surface area contributed by atoms with Crippen LogP contribution in [0.15, 0.2) is 72.8 Å². The minimum absolute atomic E-state index is 0.0360. The molecule has 3 aliphatic rings. The lowest BCUT2D eigenvalue weighted by molar-refractivity contribution is -0.0331. The summed E-state index contributed by atoms with van der Waals surface area (Å²) in [6.45, 7) is 1.22. The molecule has 5 nitrogen and oxygen atoms in total. The smallest absolute Gasteiger partial charge is 0.410 e. The zero-order valence-corrected chi connectivity index (χ0v) is 20.2. The standard InChI is InChI=1S/C29H26ClNO4/c1-33-21-10-11-28(30)26(14-21)18-12-19-15-34-16-20(13-18)31(19)29(32)35-17-27-24-8-4-2-6-22(24)23-7-3-5-9-25(23)27/h2-12,14,19-20,27H,13,15-17H2,1H3. The molecule has 2 unspecified atom stereocenters. The SMILES string of the molecule is COc1ccc(Cl)c(C2=CC3COCC(C2)N3C(=O)OCC2c3ccccc3-c3ccccc32)c1. The first-order valence-corrected chi connectivity index (χ1v) is 12.3. The second-order valence-corrected chi connectivity index (χ2v) is 9.62. The van der Waals surface area contributed by atoms with Crippen LogP contribution in [0.3, 0.4) is 0 Å². The summed E-state index contributed by atoms with van der Waals surface area (Å²) in [5.41, 5.74) is 6.90. The lowest BCUT2D eigenvalue weighted by Gasteiger charge is -2.44. The molecule has 1 amide bonds. The zero-order chi connectivity index (χ0) is 23.9. The third kappa shape index (κ3) is 3.89. The van der Waals surface area contributed by atoms with E-state index in [-0.39, 0.29) is 24.1 Å². The molecule has 1 fully saturated rings. The van der Waals surface area contributed by atoms with E-state index in [0.29, 0.717) is 31.3 Å². The number of carbonyl (C=O) groups excluding carboxylic acids is 1. The molecule has 0 saturated carbocycles. The van der Waals surface area contributed by atoms with Crippen LogP contribution in [0.2, 0.25) is 5.02 Å². The number of rotatable bonds is 4. The quantitative estimate of drug-likeness (QED) is 0.442. The Labute approximate surface area is 209 Å². The maximum atomic E-state index is 13.4. The predicted molar refractivity (Wildman–Crippen MR) is 136 cm³/mol. The summed E-state index contributed by atoms with van der Waals surface area (Å²) in [7, 11) is 1.64. The van der Waals surface area contributed by atoms with Crippen LogP contribution >= 0.6 is 11.6 Å². The van der Waals surface area contributed by atoms with Crippen molar-refractivity contribution in [2.45, 2.75) is 24.4 Å². The van der Waals surface area contributed by atoms with E-state index in [9.17, 15) is 4.79 Å². The molecule has 6 heteroatoms. The van der Waals surface area contributed by atoms with Gasteiger partial charge in [-0.25, -0.2) is 4.79 Å². The first-order valence-electron chi connectivity index (χ1n) is 11.9. The number of nitrogens with zero attached hydrogens (tertiary/aromatic N) is 1. The van der Waals surface area contributed by atoms with Crippen molar-refractivity contribution in [3.05, 3.63) is 94.5 Å². The van der Waals surface area contributed by atoms with E-state index in [4.69, 9.17) is 25.8 Å². The summed E-state index contributed by atoms with van der Waals surface area (Å²) in [6, 6.07) is 22.1. The molecule has 0 spiro atoms. The van der Waals surface area contributed by atoms with E-state index in [2.05, 4.69) is 42.5 Å². The number of benzene rings is 3. The molecule has 0 radical (unpaired) electrons. The molecule has 1 aliphatic carbocycles. The van der Waals surface area contributed by atoms with E-state index >= 15 is 0 Å². The van der Waals surface area contributed by atoms with Gasteiger partial charge in [0.25, 0.3) is 0 Å². The fourth-order valence-electron chi connectivity index (χ4n) is 5.63. The molecule has 1 saturated heterocycles. The van der Waals surface area contributed by atoms with Gasteiger partial charge < -0.3 is 14.2 Å². The van der Waals surface area contributed by atoms with Gasteiger partial charge >= 0.3 is 6.09 Å². The van der Waals surface area contributed by atoms with Gasteiger partial charge in [-0.15, -0.1) is 0 Å². The van der Waals surface area contributed by atoms with Gasteiger partial charge in [0.05, 0.1) is 32.4 Å². The number of amides is 1. The summed E-state index contributed by atoms with van der Waals surface area (Å²) in [6.07, 6.45) is 2.43. The number of halogens is 1. The number of ether oxygens (including phenoxy) is 3. The maximum Gasteiger partial charge on any atom is 0.410 e. The molecule has 6 rings (SSSR count). The molecule has 35 heavy (non-hydrogen) atoms. The van der Waals surface area contributed by atoms with Gasteiger partial charge in [-0.2, -0.15) is 0 Å². The van der Waals surface area contributed by atoms with Crippen LogP contribution in [0, 0.1) is 0 Å². The topological polar surface area (TPSA) is 48.0 Å². The fraction of sp³-hybridized carbons (Fsp3) is 0.276. The molecule has 3 aromatic carbocycles. The monoisotopic (exact) mass is 487 g/mol. The highest BCUT2D eigenvalue weighted by Gasteiger charge is 2.40. The molecule has 0 N–H and O–H groups in total. The highest BCUT2D eigenvalue weighted by Crippen LogP contribution is 2.45. The average molecular weight is 488 g/mol. The van der Waals surface area contributed by atoms with Crippen molar-refractivity contribution in [3.63, 3.8) is 0 Å². The average Bonchev–Trinajstić information content (AvgIpc) is 3.20. The molecule has 2 atom stereocenters. The van der Waals surface area contributed by atoms with E-state index in [1.807, 2.05) is 35.2 Å². The van der Waals surface area contributed by atoms with Crippen LogP contribution < -0.4 is 4.74 Å². The number of methoxy groups -OCH3 is 1. The summed E-state index contributed by atoms with van der Waals surface area (Å²) < 4.78 is 17.2. The van der Waals surface area contributed by atoms with Crippen molar-refractivity contribution in [1.29, 1.82) is 0 Å². The number of carbonyl (C=O) groups is 1. The van der Waals surface area contributed by atoms with Crippen LogP contribution in [0.5, 0.6) is 5.75 Å². The van der Waals surface area contributed by atoms with E-state index in [0.717, 1.165) is 16.9 Å². The maximum absolute atomic E-state index is 13.4. The van der Waals surface area contributed by atoms with Crippen molar-refractivity contribution in [2.75, 3.05) is 26.9 Å². The Balaban J connectivity index is 1.23. The van der Waals surface area contributed by atoms with Gasteiger partial charge in [-0.05, 0) is 58.0 Å². The Morgan fingerprint density at radius 1 is 1.00 bits per heavy atom. The van der Waals surface area contributed by atoms with Gasteiger partial charge in [0.2, 0.25) is 0 Å². The number of hydrogen-bond acceptors (Lipinski definition) is 4. The highest BCUT2D eigenvalue weighted by molar-refractivity contribution is 6.32. The molecular formula is C29H26ClNO4. The third-order valence-corrected chi connectivity index (χ3v) is 7.59. The number of fused-ring (bicyclic) bond motifs is 5. The minimum atomic E-state index is -0.294. The first kappa shape index (κ1) is 22.2. The lowest BCUT2D eigenvalue weighted by atomic mass is 9.90. The van der Waals surface area contributed by atoms with Crippen LogP contribution in [-0.2, 0) is 9.47 Å². The summed E-state index contributed by atoms with van der Waals surface area (Å²) >= 11 is 6.51. The Bertz CT molecular complexity index is 1270. The predicted octanol–water partition coefficient (Wildman–Crippen LogP) is 6.15. The largest absolute Gasteiger partial charge is 0.497 e. The van der Waals surface area contributed by atoms with Gasteiger partial charge in [-0.1, -0.05) is 66.2 Å². The van der Waals surface area contributed by atoms with Crippen molar-refractivity contribution in [2.24, 2.45) is 0 Å². The first-order chi connectivity index (χ1) is 17.1. The molecule has 178 valence electrons.